The fourth-order valence-corrected chi connectivity index (χ4v) is 2.15. The number of thiol groups is 1. The van der Waals surface area contributed by atoms with Crippen LogP contribution >= 0.6 is 24.2 Å². The van der Waals surface area contributed by atoms with Gasteiger partial charge in [0.25, 0.3) is 0 Å². The summed E-state index contributed by atoms with van der Waals surface area (Å²) in [6.07, 6.45) is 1.64. The molecule has 1 aromatic heterocycles. The monoisotopic (exact) mass is 395 g/mol. The van der Waals surface area contributed by atoms with Gasteiger partial charge >= 0.3 is 7.48 Å². The van der Waals surface area contributed by atoms with Crippen molar-refractivity contribution >= 4 is 48.5 Å². The van der Waals surface area contributed by atoms with Gasteiger partial charge in [-0.2, -0.15) is 12.6 Å². The Balaban J connectivity index is 2.23. The molecule has 0 unspecified atom stereocenters. The topological polar surface area (TPSA) is 43.4 Å². The lowest BCUT2D eigenvalue weighted by atomic mass is 9.84. The van der Waals surface area contributed by atoms with Crippen molar-refractivity contribution in [2.24, 2.45) is 0 Å². The third kappa shape index (κ3) is 5.05. The molecule has 2 aromatic rings. The van der Waals surface area contributed by atoms with E-state index in [2.05, 4.69) is 22.9 Å². The van der Waals surface area contributed by atoms with Crippen LogP contribution in [0.2, 0.25) is 5.02 Å². The highest BCUT2D eigenvalue weighted by molar-refractivity contribution is 7.81. The second-order valence-corrected chi connectivity index (χ2v) is 8.40. The summed E-state index contributed by atoms with van der Waals surface area (Å²) < 4.78 is 24.1. The van der Waals surface area contributed by atoms with E-state index >= 15 is 0 Å². The third-order valence-corrected chi connectivity index (χ3v) is 5.08. The zero-order valence-electron chi connectivity index (χ0n) is 15.4. The molecule has 1 aromatic carbocycles. The summed E-state index contributed by atoms with van der Waals surface area (Å²) in [4.78, 5) is 4.27. The molecule has 0 aliphatic carbocycles. The highest BCUT2D eigenvalue weighted by atomic mass is 35.5. The number of benzene rings is 1. The van der Waals surface area contributed by atoms with Crippen molar-refractivity contribution in [3.63, 3.8) is 0 Å². The van der Waals surface area contributed by atoms with E-state index in [4.69, 9.17) is 21.0 Å². The molecule has 0 atom stereocenters. The number of ether oxygens (including phenoxy) is 1. The van der Waals surface area contributed by atoms with Gasteiger partial charge in [0.1, 0.15) is 11.5 Å². The van der Waals surface area contributed by atoms with E-state index in [0.717, 1.165) is 5.46 Å². The maximum atomic E-state index is 13.2. The van der Waals surface area contributed by atoms with Gasteiger partial charge in [-0.1, -0.05) is 11.6 Å². The van der Waals surface area contributed by atoms with Gasteiger partial charge in [0, 0.05) is 10.9 Å². The van der Waals surface area contributed by atoms with Crippen molar-refractivity contribution in [1.29, 1.82) is 0 Å². The van der Waals surface area contributed by atoms with Gasteiger partial charge in [-0.25, -0.2) is 9.37 Å². The van der Waals surface area contributed by atoms with E-state index in [1.165, 1.54) is 19.2 Å². The molecule has 0 bridgehead atoms. The van der Waals surface area contributed by atoms with Crippen LogP contribution in [-0.4, -0.2) is 29.9 Å². The molecule has 0 saturated carbocycles. The normalized spacial score (nSPS) is 12.0. The minimum Gasteiger partial charge on any atom is -0.480 e. The number of anilines is 2. The van der Waals surface area contributed by atoms with Gasteiger partial charge in [0.05, 0.1) is 23.4 Å². The molecule has 0 amide bonds. The summed E-state index contributed by atoms with van der Waals surface area (Å²) >= 11 is 10.7. The molecule has 2 rings (SSSR count). The zero-order valence-corrected chi connectivity index (χ0v) is 17.1. The molecular weight excluding hydrogens is 374 g/mol. The number of aromatic nitrogens is 1. The van der Waals surface area contributed by atoms with Crippen molar-refractivity contribution in [1.82, 2.24) is 4.98 Å². The molecule has 139 valence electrons. The Hall–Kier alpha value is -1.44. The molecule has 0 saturated heterocycles. The Morgan fingerprint density at radius 3 is 2.46 bits per heavy atom. The first-order valence-electron chi connectivity index (χ1n) is 8.03. The SMILES string of the molecule is COc1ncc([B]OC(C)(C)C(C)(C)S)cc1Nc1ccc(F)cc1Cl. The smallest absolute Gasteiger partial charge is 0.332 e. The van der Waals surface area contributed by atoms with Gasteiger partial charge in [-0.05, 0) is 57.4 Å². The number of nitrogens with one attached hydrogen (secondary N) is 1. The number of methoxy groups -OCH3 is 1. The standard InChI is InChI=1S/C18H22BClFN2O2S/c1-17(2,18(3,4)26)25-19-11-8-15(16(24-5)22-10-11)23-14-7-6-12(21)9-13(14)20/h6-10,23,26H,1-5H3. The third-order valence-electron chi connectivity index (χ3n) is 4.23. The zero-order chi connectivity index (χ0) is 19.5. The summed E-state index contributed by atoms with van der Waals surface area (Å²) in [6.45, 7) is 7.90. The minimum atomic E-state index is -0.496. The van der Waals surface area contributed by atoms with E-state index < -0.39 is 11.4 Å². The number of pyridine rings is 1. The highest BCUT2D eigenvalue weighted by Gasteiger charge is 2.34. The molecule has 8 heteroatoms. The van der Waals surface area contributed by atoms with Gasteiger partial charge in [0.2, 0.25) is 5.88 Å². The van der Waals surface area contributed by atoms with Crippen molar-refractivity contribution in [3.8, 4) is 5.88 Å². The summed E-state index contributed by atoms with van der Waals surface area (Å²) in [7, 11) is 3.15. The van der Waals surface area contributed by atoms with E-state index in [0.29, 0.717) is 17.3 Å². The second kappa shape index (κ2) is 8.07. The minimum absolute atomic E-state index is 0.260. The maximum Gasteiger partial charge on any atom is 0.332 e. The summed E-state index contributed by atoms with van der Waals surface area (Å²) in [5.74, 6) is -0.0194. The van der Waals surface area contributed by atoms with Crippen molar-refractivity contribution < 1.29 is 13.8 Å². The largest absolute Gasteiger partial charge is 0.480 e. The van der Waals surface area contributed by atoms with Crippen LogP contribution in [0.4, 0.5) is 15.8 Å². The lowest BCUT2D eigenvalue weighted by Gasteiger charge is -2.38. The van der Waals surface area contributed by atoms with E-state index in [1.807, 2.05) is 33.8 Å². The first-order valence-corrected chi connectivity index (χ1v) is 8.85. The fourth-order valence-electron chi connectivity index (χ4n) is 1.88. The van der Waals surface area contributed by atoms with Crippen LogP contribution in [-0.2, 0) is 4.65 Å². The van der Waals surface area contributed by atoms with Crippen LogP contribution in [0.15, 0.2) is 30.5 Å². The average Bonchev–Trinajstić information content (AvgIpc) is 2.55. The first-order chi connectivity index (χ1) is 12.0. The molecule has 1 heterocycles. The Labute approximate surface area is 165 Å². The number of nitrogens with zero attached hydrogens (tertiary/aromatic N) is 1. The molecular formula is C18H22BClFN2O2S. The van der Waals surface area contributed by atoms with Crippen molar-refractivity contribution in [2.75, 3.05) is 12.4 Å². The Kier molecular flexibility index (Phi) is 6.48. The lowest BCUT2D eigenvalue weighted by molar-refractivity contribution is 0.0854. The molecule has 0 aliphatic rings. The predicted molar refractivity (Wildman–Crippen MR) is 109 cm³/mol. The van der Waals surface area contributed by atoms with Crippen LogP contribution in [0.3, 0.4) is 0 Å². The summed E-state index contributed by atoms with van der Waals surface area (Å²) in [5, 5.41) is 3.37. The van der Waals surface area contributed by atoms with Gasteiger partial charge in [-0.15, -0.1) is 0 Å². The van der Waals surface area contributed by atoms with Crippen LogP contribution in [0.5, 0.6) is 5.88 Å². The van der Waals surface area contributed by atoms with Crippen LogP contribution < -0.4 is 15.5 Å². The van der Waals surface area contributed by atoms with Gasteiger partial charge < -0.3 is 14.7 Å². The number of halogens is 2. The molecule has 26 heavy (non-hydrogen) atoms. The molecule has 1 radical (unpaired) electrons. The number of hydrogen-bond donors (Lipinski definition) is 2. The van der Waals surface area contributed by atoms with E-state index in [9.17, 15) is 4.39 Å². The Morgan fingerprint density at radius 1 is 1.19 bits per heavy atom. The van der Waals surface area contributed by atoms with Crippen molar-refractivity contribution in [2.45, 2.75) is 38.0 Å². The highest BCUT2D eigenvalue weighted by Crippen LogP contribution is 2.31. The molecule has 1 N–H and O–H groups in total. The van der Waals surface area contributed by atoms with Crippen LogP contribution in [0.1, 0.15) is 27.7 Å². The summed E-state index contributed by atoms with van der Waals surface area (Å²) in [6, 6.07) is 5.92. The Bertz CT molecular complexity index is 784. The van der Waals surface area contributed by atoms with Gasteiger partial charge in [0.15, 0.2) is 0 Å². The predicted octanol–water partition coefficient (Wildman–Crippen LogP) is 4.37. The molecule has 0 fully saturated rings. The van der Waals surface area contributed by atoms with E-state index in [-0.39, 0.29) is 9.77 Å². The fraction of sp³-hybridized carbons (Fsp3) is 0.389. The Morgan fingerprint density at radius 2 is 1.88 bits per heavy atom. The van der Waals surface area contributed by atoms with E-state index in [1.54, 1.807) is 19.7 Å². The molecule has 4 nitrogen and oxygen atoms in total. The van der Waals surface area contributed by atoms with Crippen LogP contribution in [0.25, 0.3) is 0 Å². The van der Waals surface area contributed by atoms with Gasteiger partial charge in [-0.3, -0.25) is 0 Å². The second-order valence-electron chi connectivity index (χ2n) is 6.88. The lowest BCUT2D eigenvalue weighted by Crippen LogP contribution is -2.45. The quantitative estimate of drug-likeness (QED) is 0.539. The average molecular weight is 396 g/mol. The number of rotatable bonds is 7. The maximum absolute atomic E-state index is 13.2. The summed E-state index contributed by atoms with van der Waals surface area (Å²) in [5.41, 5.74) is 1.37. The molecule has 0 aliphatic heterocycles. The molecule has 0 spiro atoms. The first kappa shape index (κ1) is 20.9. The number of hydrogen-bond acceptors (Lipinski definition) is 5. The van der Waals surface area contributed by atoms with Crippen molar-refractivity contribution in [3.05, 3.63) is 41.3 Å². The van der Waals surface area contributed by atoms with Crippen LogP contribution in [0, 0.1) is 5.82 Å².